The molecule has 0 aliphatic carbocycles. The van der Waals surface area contributed by atoms with E-state index in [-0.39, 0.29) is 0 Å². The normalized spacial score (nSPS) is 14.1. The zero-order valence-electron chi connectivity index (χ0n) is 21.5. The smallest absolute Gasteiger partial charge is 0.139 e. The Morgan fingerprint density at radius 2 is 1.89 bits per heavy atom. The minimum Gasteiger partial charge on any atom is -0.371 e. The second-order valence-corrected chi connectivity index (χ2v) is 10.4. The van der Waals surface area contributed by atoms with E-state index in [2.05, 4.69) is 92.2 Å². The van der Waals surface area contributed by atoms with Crippen molar-refractivity contribution in [1.82, 2.24) is 25.1 Å². The van der Waals surface area contributed by atoms with E-state index in [4.69, 9.17) is 0 Å². The highest BCUT2D eigenvalue weighted by Crippen LogP contribution is 2.35. The molecule has 1 saturated heterocycles. The van der Waals surface area contributed by atoms with E-state index in [1.165, 1.54) is 24.9 Å². The molecule has 5 aromatic rings. The topological polar surface area (TPSA) is 85.5 Å². The average Bonchev–Trinajstić information content (AvgIpc) is 3.52. The second-order valence-electron chi connectivity index (χ2n) is 10.4. The van der Waals surface area contributed by atoms with Crippen molar-refractivity contribution >= 4 is 33.3 Å². The highest BCUT2D eigenvalue weighted by Gasteiger charge is 2.18. The fraction of sp³-hybridized carbons (Fsp3) is 0.300. The molecule has 1 aliphatic rings. The first-order valence-electron chi connectivity index (χ1n) is 13.2. The number of piperidine rings is 1. The number of fused-ring (bicyclic) bond motifs is 2. The lowest BCUT2D eigenvalue weighted by Gasteiger charge is -2.29. The molecule has 37 heavy (non-hydrogen) atoms. The minimum atomic E-state index is 0.550. The van der Waals surface area contributed by atoms with Gasteiger partial charge in [-0.15, -0.1) is 0 Å². The van der Waals surface area contributed by atoms with Crippen LogP contribution in [0.3, 0.4) is 0 Å². The van der Waals surface area contributed by atoms with Gasteiger partial charge in [0, 0.05) is 53.2 Å². The Morgan fingerprint density at radius 3 is 2.73 bits per heavy atom. The zero-order chi connectivity index (χ0) is 25.4. The summed E-state index contributed by atoms with van der Waals surface area (Å²) in [6, 6.07) is 12.8. The van der Waals surface area contributed by atoms with Crippen molar-refractivity contribution in [1.29, 1.82) is 0 Å². The van der Waals surface area contributed by atoms with Gasteiger partial charge in [0.2, 0.25) is 0 Å². The van der Waals surface area contributed by atoms with Crippen LogP contribution in [0, 0.1) is 5.92 Å². The molecule has 0 bridgehead atoms. The van der Waals surface area contributed by atoms with E-state index in [9.17, 15) is 0 Å². The number of aromatic amines is 2. The molecule has 5 heterocycles. The molecule has 1 aliphatic heterocycles. The third kappa shape index (κ3) is 4.69. The van der Waals surface area contributed by atoms with Gasteiger partial charge in [0.05, 0.1) is 23.1 Å². The average molecular weight is 492 g/mol. The summed E-state index contributed by atoms with van der Waals surface area (Å²) in [5.74, 6) is 0.550. The number of allylic oxidation sites excluding steroid dienone is 1. The Labute approximate surface area is 217 Å². The van der Waals surface area contributed by atoms with Gasteiger partial charge in [-0.1, -0.05) is 26.5 Å². The van der Waals surface area contributed by atoms with Crippen LogP contribution < -0.4 is 10.2 Å². The van der Waals surface area contributed by atoms with Gasteiger partial charge in [-0.25, -0.2) is 4.98 Å². The van der Waals surface area contributed by atoms with Crippen LogP contribution in [0.2, 0.25) is 0 Å². The number of hydrogen-bond donors (Lipinski definition) is 3. The Balaban J connectivity index is 1.35. The van der Waals surface area contributed by atoms with Gasteiger partial charge in [-0.3, -0.25) is 10.1 Å². The molecule has 1 aromatic carbocycles. The summed E-state index contributed by atoms with van der Waals surface area (Å²) in [7, 11) is 0. The Bertz CT molecular complexity index is 1570. The Kier molecular flexibility index (Phi) is 6.12. The lowest BCUT2D eigenvalue weighted by molar-refractivity contribution is 0.579. The summed E-state index contributed by atoms with van der Waals surface area (Å²) in [6.45, 7) is 10.7. The van der Waals surface area contributed by atoms with Crippen molar-refractivity contribution in [2.45, 2.75) is 39.5 Å². The third-order valence-electron chi connectivity index (χ3n) is 7.07. The summed E-state index contributed by atoms with van der Waals surface area (Å²) in [4.78, 5) is 15.1. The fourth-order valence-corrected chi connectivity index (χ4v) is 5.36. The molecular formula is C30H33N7. The molecule has 188 valence electrons. The lowest BCUT2D eigenvalue weighted by Crippen LogP contribution is -2.29. The summed E-state index contributed by atoms with van der Waals surface area (Å²) in [6.07, 6.45) is 10.4. The molecule has 0 saturated carbocycles. The Morgan fingerprint density at radius 1 is 1.03 bits per heavy atom. The van der Waals surface area contributed by atoms with Crippen LogP contribution in [0.5, 0.6) is 0 Å². The number of hydrogen-bond acceptors (Lipinski definition) is 5. The van der Waals surface area contributed by atoms with Crippen molar-refractivity contribution in [3.05, 3.63) is 67.3 Å². The monoisotopic (exact) mass is 491 g/mol. The number of anilines is 2. The van der Waals surface area contributed by atoms with Gasteiger partial charge < -0.3 is 15.2 Å². The van der Waals surface area contributed by atoms with E-state index in [1.54, 1.807) is 0 Å². The van der Waals surface area contributed by atoms with Crippen LogP contribution in [-0.2, 0) is 0 Å². The third-order valence-corrected chi connectivity index (χ3v) is 7.07. The highest BCUT2D eigenvalue weighted by molar-refractivity contribution is 5.99. The van der Waals surface area contributed by atoms with Crippen molar-refractivity contribution in [3.8, 4) is 22.5 Å². The maximum absolute atomic E-state index is 4.69. The van der Waals surface area contributed by atoms with Gasteiger partial charge in [-0.05, 0) is 67.5 Å². The van der Waals surface area contributed by atoms with Gasteiger partial charge in [0.15, 0.2) is 0 Å². The quantitative estimate of drug-likeness (QED) is 0.225. The molecule has 0 radical (unpaired) electrons. The molecule has 6 rings (SSSR count). The summed E-state index contributed by atoms with van der Waals surface area (Å²) >= 11 is 0. The molecule has 4 aromatic heterocycles. The molecule has 3 N–H and O–H groups in total. The standard InChI is InChI=1S/C30H33N7/c1-19(2)13-20(3)33-23-14-22(17-31-18-23)21-7-8-26-24(15-21)29(36-35-26)27-16-25-28(9-10-32-30(25)34-27)37-11-5-4-6-12-37/h7-10,14-19,33H,3-6,11-13H2,1-2H3,(H,32,34)(H,35,36). The maximum Gasteiger partial charge on any atom is 0.139 e. The first-order chi connectivity index (χ1) is 18.0. The number of benzene rings is 1. The predicted molar refractivity (Wildman–Crippen MR) is 153 cm³/mol. The first kappa shape index (κ1) is 23.3. The first-order valence-corrected chi connectivity index (χ1v) is 13.2. The van der Waals surface area contributed by atoms with Crippen molar-refractivity contribution in [2.75, 3.05) is 23.3 Å². The number of nitrogens with zero attached hydrogens (tertiary/aromatic N) is 4. The molecule has 0 atom stereocenters. The van der Waals surface area contributed by atoms with Gasteiger partial charge in [-0.2, -0.15) is 5.10 Å². The Hall–Kier alpha value is -4.13. The van der Waals surface area contributed by atoms with Crippen molar-refractivity contribution in [3.63, 3.8) is 0 Å². The SMILES string of the molecule is C=C(CC(C)C)Nc1cncc(-c2ccc3[nH]nc(-c4cc5c(N6CCCCC6)ccnc5[nH]4)c3c2)c1. The van der Waals surface area contributed by atoms with Crippen molar-refractivity contribution < 1.29 is 0 Å². The molecule has 0 spiro atoms. The number of aromatic nitrogens is 5. The minimum absolute atomic E-state index is 0.550. The molecule has 1 fully saturated rings. The molecule has 7 nitrogen and oxygen atoms in total. The molecular weight excluding hydrogens is 458 g/mol. The zero-order valence-corrected chi connectivity index (χ0v) is 21.5. The van der Waals surface area contributed by atoms with Crippen LogP contribution in [0.15, 0.2) is 67.3 Å². The molecule has 0 unspecified atom stereocenters. The fourth-order valence-electron chi connectivity index (χ4n) is 5.36. The van der Waals surface area contributed by atoms with Gasteiger partial charge in [0.1, 0.15) is 11.3 Å². The largest absolute Gasteiger partial charge is 0.371 e. The summed E-state index contributed by atoms with van der Waals surface area (Å²) in [5, 5.41) is 13.5. The summed E-state index contributed by atoms with van der Waals surface area (Å²) in [5.41, 5.74) is 9.08. The number of rotatable bonds is 7. The van der Waals surface area contributed by atoms with E-state index in [1.807, 2.05) is 18.6 Å². The number of pyridine rings is 2. The van der Waals surface area contributed by atoms with Gasteiger partial charge in [0.25, 0.3) is 0 Å². The predicted octanol–water partition coefficient (Wildman–Crippen LogP) is 7.13. The van der Waals surface area contributed by atoms with Crippen LogP contribution in [-0.4, -0.2) is 38.2 Å². The van der Waals surface area contributed by atoms with Crippen molar-refractivity contribution in [2.24, 2.45) is 5.92 Å². The van der Waals surface area contributed by atoms with Crippen LogP contribution in [0.1, 0.15) is 39.5 Å². The van der Waals surface area contributed by atoms with E-state index in [0.29, 0.717) is 5.92 Å². The second kappa shape index (κ2) is 9.73. The number of H-pyrrole nitrogens is 2. The van der Waals surface area contributed by atoms with E-state index in [0.717, 1.165) is 75.3 Å². The highest BCUT2D eigenvalue weighted by atomic mass is 15.1. The summed E-state index contributed by atoms with van der Waals surface area (Å²) < 4.78 is 0. The van der Waals surface area contributed by atoms with Crippen LogP contribution in [0.25, 0.3) is 44.5 Å². The van der Waals surface area contributed by atoms with E-state index >= 15 is 0 Å². The van der Waals surface area contributed by atoms with Gasteiger partial charge >= 0.3 is 0 Å². The van der Waals surface area contributed by atoms with E-state index < -0.39 is 0 Å². The lowest BCUT2D eigenvalue weighted by atomic mass is 10.0. The van der Waals surface area contributed by atoms with Crippen LogP contribution in [0.4, 0.5) is 11.4 Å². The molecule has 0 amide bonds. The molecule has 7 heteroatoms. The number of nitrogens with one attached hydrogen (secondary N) is 3. The van der Waals surface area contributed by atoms with Crippen LogP contribution >= 0.6 is 0 Å². The maximum atomic E-state index is 4.69.